The van der Waals surface area contributed by atoms with E-state index in [1.807, 2.05) is 5.48 Å². The number of rotatable bonds is 3. The van der Waals surface area contributed by atoms with Crippen LogP contribution >= 0.6 is 34.8 Å². The van der Waals surface area contributed by atoms with Crippen molar-refractivity contribution in [3.8, 4) is 5.75 Å². The molecule has 108 valence electrons. The molecular weight excluding hydrogens is 330 g/mol. The Morgan fingerprint density at radius 3 is 2.65 bits per heavy atom. The number of carbonyl (C=O) groups is 2. The van der Waals surface area contributed by atoms with Gasteiger partial charge in [-0.3, -0.25) is 9.59 Å². The van der Waals surface area contributed by atoms with Crippen LogP contribution in [0.25, 0.3) is 0 Å². The van der Waals surface area contributed by atoms with Gasteiger partial charge >= 0.3 is 0 Å². The highest BCUT2D eigenvalue weighted by atomic mass is 35.5. The topological polar surface area (TPSA) is 87.7 Å². The van der Waals surface area contributed by atoms with Gasteiger partial charge in [0.15, 0.2) is 5.75 Å². The highest BCUT2D eigenvalue weighted by Crippen LogP contribution is 2.36. The lowest BCUT2D eigenvalue weighted by Crippen LogP contribution is -2.40. The SMILES string of the molecule is O=C1NCC(O)C1C(=O)NOc1ccc(Cl)c(Cl)c1Cl. The molecule has 1 heterocycles. The van der Waals surface area contributed by atoms with Crippen LogP contribution in [-0.2, 0) is 9.59 Å². The molecule has 1 aliphatic rings. The zero-order valence-corrected chi connectivity index (χ0v) is 12.1. The normalized spacial score (nSPS) is 21.5. The van der Waals surface area contributed by atoms with Crippen molar-refractivity contribution in [2.75, 3.05) is 6.54 Å². The first kappa shape index (κ1) is 15.2. The molecule has 1 aromatic rings. The Balaban J connectivity index is 2.04. The van der Waals surface area contributed by atoms with Crippen molar-refractivity contribution < 1.29 is 19.5 Å². The first-order chi connectivity index (χ1) is 9.41. The largest absolute Gasteiger partial charge is 0.390 e. The van der Waals surface area contributed by atoms with Crippen molar-refractivity contribution in [3.63, 3.8) is 0 Å². The molecule has 0 spiro atoms. The number of carbonyl (C=O) groups excluding carboxylic acids is 2. The van der Waals surface area contributed by atoms with Crippen LogP contribution in [0.2, 0.25) is 15.1 Å². The van der Waals surface area contributed by atoms with Gasteiger partial charge in [-0.1, -0.05) is 34.8 Å². The smallest absolute Gasteiger partial charge is 0.267 e. The van der Waals surface area contributed by atoms with Crippen molar-refractivity contribution in [1.82, 2.24) is 10.8 Å². The third-order valence-electron chi connectivity index (χ3n) is 2.70. The molecule has 1 saturated heterocycles. The summed E-state index contributed by atoms with van der Waals surface area (Å²) in [6.45, 7) is 0.0183. The molecule has 0 saturated carbocycles. The second kappa shape index (κ2) is 6.05. The van der Waals surface area contributed by atoms with Gasteiger partial charge in [-0.25, -0.2) is 0 Å². The number of benzene rings is 1. The van der Waals surface area contributed by atoms with Gasteiger partial charge in [0.25, 0.3) is 5.91 Å². The number of amides is 2. The Bertz CT molecular complexity index is 567. The van der Waals surface area contributed by atoms with Crippen LogP contribution in [0.5, 0.6) is 5.75 Å². The summed E-state index contributed by atoms with van der Waals surface area (Å²) in [4.78, 5) is 28.1. The summed E-state index contributed by atoms with van der Waals surface area (Å²) < 4.78 is 0. The summed E-state index contributed by atoms with van der Waals surface area (Å²) in [7, 11) is 0. The van der Waals surface area contributed by atoms with Crippen molar-refractivity contribution >= 4 is 46.6 Å². The molecule has 20 heavy (non-hydrogen) atoms. The number of hydrogen-bond acceptors (Lipinski definition) is 4. The summed E-state index contributed by atoms with van der Waals surface area (Å²) in [5.74, 6) is -2.51. The van der Waals surface area contributed by atoms with Crippen molar-refractivity contribution in [2.45, 2.75) is 6.10 Å². The number of nitrogens with one attached hydrogen (secondary N) is 2. The molecule has 2 amide bonds. The Morgan fingerprint density at radius 2 is 2.05 bits per heavy atom. The number of β-amino-alcohol motifs (C(OH)–C–C–N with tert-alkyl or cyclic N) is 1. The second-order valence-electron chi connectivity index (χ2n) is 4.03. The fourth-order valence-corrected chi connectivity index (χ4v) is 2.22. The van der Waals surface area contributed by atoms with Gasteiger partial charge in [0.1, 0.15) is 10.9 Å². The molecule has 2 unspecified atom stereocenters. The van der Waals surface area contributed by atoms with Crippen LogP contribution < -0.4 is 15.6 Å². The van der Waals surface area contributed by atoms with E-state index in [-0.39, 0.29) is 27.4 Å². The average molecular weight is 340 g/mol. The van der Waals surface area contributed by atoms with Gasteiger partial charge in [-0.2, -0.15) is 5.48 Å². The maximum Gasteiger partial charge on any atom is 0.267 e. The lowest BCUT2D eigenvalue weighted by molar-refractivity contribution is -0.140. The standard InChI is InChI=1S/C11H9Cl3N2O4/c12-4-1-2-6(9(14)8(4)13)20-16-11(19)7-5(17)3-15-10(7)18/h1-2,5,7,17H,3H2,(H,15,18)(H,16,19). The van der Waals surface area contributed by atoms with E-state index in [9.17, 15) is 14.7 Å². The Kier molecular flexibility index (Phi) is 4.59. The molecule has 0 radical (unpaired) electrons. The van der Waals surface area contributed by atoms with E-state index in [0.717, 1.165) is 0 Å². The summed E-state index contributed by atoms with van der Waals surface area (Å²) in [6, 6.07) is 2.84. The van der Waals surface area contributed by atoms with E-state index >= 15 is 0 Å². The van der Waals surface area contributed by atoms with Crippen LogP contribution in [0.3, 0.4) is 0 Å². The molecule has 0 aromatic heterocycles. The number of aliphatic hydroxyl groups is 1. The van der Waals surface area contributed by atoms with Gasteiger partial charge in [0, 0.05) is 6.54 Å². The van der Waals surface area contributed by atoms with Crippen molar-refractivity contribution in [3.05, 3.63) is 27.2 Å². The minimum absolute atomic E-state index is 0.0183. The lowest BCUT2D eigenvalue weighted by atomic mass is 10.1. The Morgan fingerprint density at radius 1 is 1.35 bits per heavy atom. The fourth-order valence-electron chi connectivity index (χ4n) is 1.66. The van der Waals surface area contributed by atoms with Crippen molar-refractivity contribution in [1.29, 1.82) is 0 Å². The minimum Gasteiger partial charge on any atom is -0.390 e. The number of aliphatic hydroxyl groups excluding tert-OH is 1. The van der Waals surface area contributed by atoms with E-state index in [1.54, 1.807) is 0 Å². The fraction of sp³-hybridized carbons (Fsp3) is 0.273. The molecule has 6 nitrogen and oxygen atoms in total. The molecule has 0 aliphatic carbocycles. The van der Waals surface area contributed by atoms with Gasteiger partial charge in [0.2, 0.25) is 5.91 Å². The van der Waals surface area contributed by atoms with Crippen LogP contribution in [-0.4, -0.2) is 29.6 Å². The third kappa shape index (κ3) is 2.93. The number of halogens is 3. The number of hydrogen-bond donors (Lipinski definition) is 3. The van der Waals surface area contributed by atoms with E-state index in [0.29, 0.717) is 0 Å². The zero-order valence-electron chi connectivity index (χ0n) is 9.82. The maximum absolute atomic E-state index is 11.7. The van der Waals surface area contributed by atoms with Crippen molar-refractivity contribution in [2.24, 2.45) is 5.92 Å². The van der Waals surface area contributed by atoms with Gasteiger partial charge in [0.05, 0.1) is 16.1 Å². The summed E-state index contributed by atoms with van der Waals surface area (Å²) in [5, 5.41) is 12.2. The zero-order chi connectivity index (χ0) is 14.9. The molecule has 2 atom stereocenters. The van der Waals surface area contributed by atoms with Crippen LogP contribution in [0.1, 0.15) is 0 Å². The Hall–Kier alpha value is -1.21. The third-order valence-corrected chi connectivity index (χ3v) is 3.97. The predicted octanol–water partition coefficient (Wildman–Crippen LogP) is 1.16. The Labute approximate surface area is 128 Å². The summed E-state index contributed by atoms with van der Waals surface area (Å²) >= 11 is 17.4. The maximum atomic E-state index is 11.7. The van der Waals surface area contributed by atoms with Crippen LogP contribution in [0.4, 0.5) is 0 Å². The predicted molar refractivity (Wildman–Crippen MR) is 72.7 cm³/mol. The van der Waals surface area contributed by atoms with E-state index in [1.165, 1.54) is 12.1 Å². The molecule has 0 bridgehead atoms. The quantitative estimate of drug-likeness (QED) is 0.438. The van der Waals surface area contributed by atoms with E-state index in [2.05, 4.69) is 5.32 Å². The number of hydroxylamine groups is 1. The monoisotopic (exact) mass is 338 g/mol. The average Bonchev–Trinajstić information content (AvgIpc) is 2.74. The van der Waals surface area contributed by atoms with E-state index in [4.69, 9.17) is 39.6 Å². The van der Waals surface area contributed by atoms with E-state index < -0.39 is 23.8 Å². The molecule has 2 rings (SSSR count). The molecule has 3 N–H and O–H groups in total. The molecule has 9 heteroatoms. The summed E-state index contributed by atoms with van der Waals surface area (Å²) in [5.41, 5.74) is 2.04. The molecule has 1 fully saturated rings. The first-order valence-electron chi connectivity index (χ1n) is 5.47. The van der Waals surface area contributed by atoms with Crippen LogP contribution in [0, 0.1) is 5.92 Å². The molecule has 1 aromatic carbocycles. The second-order valence-corrected chi connectivity index (χ2v) is 5.20. The molecule has 1 aliphatic heterocycles. The van der Waals surface area contributed by atoms with Gasteiger partial charge < -0.3 is 15.3 Å². The van der Waals surface area contributed by atoms with Crippen LogP contribution in [0.15, 0.2) is 12.1 Å². The lowest BCUT2D eigenvalue weighted by Gasteiger charge is -2.13. The highest BCUT2D eigenvalue weighted by molar-refractivity contribution is 6.48. The first-order valence-corrected chi connectivity index (χ1v) is 6.61. The highest BCUT2D eigenvalue weighted by Gasteiger charge is 2.39. The summed E-state index contributed by atoms with van der Waals surface area (Å²) in [6.07, 6.45) is -1.10. The van der Waals surface area contributed by atoms with Gasteiger partial charge in [-0.05, 0) is 12.1 Å². The van der Waals surface area contributed by atoms with Gasteiger partial charge in [-0.15, -0.1) is 0 Å². The minimum atomic E-state index is -1.23. The molecular formula is C11H9Cl3N2O4.